The second-order valence-electron chi connectivity index (χ2n) is 4.37. The summed E-state index contributed by atoms with van der Waals surface area (Å²) in [7, 11) is 1.80. The van der Waals surface area contributed by atoms with E-state index in [9.17, 15) is 4.79 Å². The van der Waals surface area contributed by atoms with Crippen LogP contribution in [0.2, 0.25) is 0 Å². The zero-order valence-electron chi connectivity index (χ0n) is 11.0. The summed E-state index contributed by atoms with van der Waals surface area (Å²) in [6.45, 7) is 6.45. The van der Waals surface area contributed by atoms with Crippen molar-refractivity contribution in [2.75, 3.05) is 7.05 Å². The molecule has 0 unspecified atom stereocenters. The molecule has 1 aromatic rings. The zero-order chi connectivity index (χ0) is 13.1. The summed E-state index contributed by atoms with van der Waals surface area (Å²) in [6.07, 6.45) is 3.14. The molecule has 4 nitrogen and oxygen atoms in total. The van der Waals surface area contributed by atoms with Crippen LogP contribution in [0.25, 0.3) is 0 Å². The van der Waals surface area contributed by atoms with Crippen molar-refractivity contribution in [1.82, 2.24) is 9.88 Å². The number of aromatic nitrogens is 1. The van der Waals surface area contributed by atoms with Crippen LogP contribution in [-0.2, 0) is 11.3 Å². The highest BCUT2D eigenvalue weighted by Crippen LogP contribution is 2.18. The van der Waals surface area contributed by atoms with Crippen LogP contribution in [-0.4, -0.2) is 28.4 Å². The Morgan fingerprint density at radius 3 is 2.53 bits per heavy atom. The Morgan fingerprint density at radius 2 is 2.12 bits per heavy atom. The molecule has 17 heavy (non-hydrogen) atoms. The van der Waals surface area contributed by atoms with Gasteiger partial charge in [0.15, 0.2) is 0 Å². The maximum absolute atomic E-state index is 12.2. The lowest BCUT2D eigenvalue weighted by Gasteiger charge is -2.30. The molecule has 0 saturated heterocycles. The molecule has 0 spiro atoms. The summed E-state index contributed by atoms with van der Waals surface area (Å²) < 4.78 is 0. The minimum atomic E-state index is -0.728. The number of likely N-dealkylation sites (N-methyl/N-ethyl adjacent to an activating group) is 1. The van der Waals surface area contributed by atoms with Crippen LogP contribution in [0.5, 0.6) is 0 Å². The van der Waals surface area contributed by atoms with Crippen molar-refractivity contribution in [2.24, 2.45) is 5.73 Å². The number of nitrogens with two attached hydrogens (primary N) is 1. The third-order valence-electron chi connectivity index (χ3n) is 3.10. The molecule has 5 heteroatoms. The maximum Gasteiger partial charge on any atom is 0.242 e. The fourth-order valence-electron chi connectivity index (χ4n) is 1.72. The highest BCUT2D eigenvalue weighted by Gasteiger charge is 2.32. The predicted octanol–water partition coefficient (Wildman–Crippen LogP) is 1.93. The average molecular weight is 255 g/mol. The molecule has 0 aliphatic rings. The molecule has 0 bridgehead atoms. The van der Waals surface area contributed by atoms with Gasteiger partial charge in [0, 0.05) is 18.1 Å². The fourth-order valence-corrected chi connectivity index (χ4v) is 2.57. The third-order valence-corrected chi connectivity index (χ3v) is 3.99. The topological polar surface area (TPSA) is 59.2 Å². The molecule has 1 aromatic heterocycles. The Kier molecular flexibility index (Phi) is 4.65. The molecular weight excluding hydrogens is 234 g/mol. The van der Waals surface area contributed by atoms with Gasteiger partial charge in [-0.25, -0.2) is 4.98 Å². The molecule has 2 N–H and O–H groups in total. The van der Waals surface area contributed by atoms with Crippen LogP contribution in [0.4, 0.5) is 0 Å². The van der Waals surface area contributed by atoms with Gasteiger partial charge in [-0.3, -0.25) is 4.79 Å². The Labute approximate surface area is 107 Å². The maximum atomic E-state index is 12.2. The van der Waals surface area contributed by atoms with Crippen molar-refractivity contribution >= 4 is 17.2 Å². The molecule has 0 fully saturated rings. The molecule has 0 saturated carbocycles. The van der Waals surface area contributed by atoms with Crippen LogP contribution in [0.15, 0.2) is 6.20 Å². The van der Waals surface area contributed by atoms with Gasteiger partial charge in [-0.2, -0.15) is 0 Å². The second-order valence-corrected chi connectivity index (χ2v) is 5.69. The average Bonchev–Trinajstić information content (AvgIpc) is 2.72. The molecule has 0 radical (unpaired) electrons. The first-order valence-corrected chi connectivity index (χ1v) is 6.70. The number of amides is 1. The van der Waals surface area contributed by atoms with Crippen molar-refractivity contribution in [3.8, 4) is 0 Å². The summed E-state index contributed by atoms with van der Waals surface area (Å²) in [4.78, 5) is 19.2. The van der Waals surface area contributed by atoms with Gasteiger partial charge in [0.25, 0.3) is 0 Å². The van der Waals surface area contributed by atoms with E-state index in [1.54, 1.807) is 23.3 Å². The summed E-state index contributed by atoms with van der Waals surface area (Å²) in [6, 6.07) is 0. The molecule has 0 aliphatic carbocycles. The predicted molar refractivity (Wildman–Crippen MR) is 70.8 cm³/mol. The van der Waals surface area contributed by atoms with E-state index < -0.39 is 5.54 Å². The molecule has 1 rings (SSSR count). The van der Waals surface area contributed by atoms with Gasteiger partial charge < -0.3 is 10.6 Å². The van der Waals surface area contributed by atoms with Gasteiger partial charge in [0.05, 0.1) is 17.1 Å². The Morgan fingerprint density at radius 1 is 1.53 bits per heavy atom. The van der Waals surface area contributed by atoms with Crippen molar-refractivity contribution in [3.63, 3.8) is 0 Å². The van der Waals surface area contributed by atoms with Crippen molar-refractivity contribution in [2.45, 2.75) is 45.7 Å². The minimum absolute atomic E-state index is 0.00792. The largest absolute Gasteiger partial charge is 0.339 e. The monoisotopic (exact) mass is 255 g/mol. The lowest BCUT2D eigenvalue weighted by atomic mass is 9.92. The van der Waals surface area contributed by atoms with E-state index in [1.807, 2.05) is 27.0 Å². The van der Waals surface area contributed by atoms with E-state index in [4.69, 9.17) is 5.73 Å². The van der Waals surface area contributed by atoms with Crippen molar-refractivity contribution in [1.29, 1.82) is 0 Å². The molecule has 96 valence electrons. The van der Waals surface area contributed by atoms with E-state index in [1.165, 1.54) is 0 Å². The molecule has 1 heterocycles. The number of hydrogen-bond donors (Lipinski definition) is 1. The van der Waals surface area contributed by atoms with Gasteiger partial charge in [0.2, 0.25) is 5.91 Å². The van der Waals surface area contributed by atoms with Crippen LogP contribution in [0.1, 0.15) is 36.6 Å². The Hall–Kier alpha value is -0.940. The van der Waals surface area contributed by atoms with E-state index >= 15 is 0 Å². The number of hydrogen-bond acceptors (Lipinski definition) is 4. The normalized spacial score (nSPS) is 11.6. The summed E-state index contributed by atoms with van der Waals surface area (Å²) in [5.74, 6) is 0.00792. The van der Waals surface area contributed by atoms with Crippen LogP contribution in [0, 0.1) is 6.92 Å². The van der Waals surface area contributed by atoms with E-state index in [0.717, 1.165) is 9.88 Å². The highest BCUT2D eigenvalue weighted by atomic mass is 32.1. The Bertz CT molecular complexity index is 385. The molecule has 1 amide bonds. The first kappa shape index (κ1) is 14.1. The minimum Gasteiger partial charge on any atom is -0.339 e. The van der Waals surface area contributed by atoms with Crippen LogP contribution < -0.4 is 5.73 Å². The summed E-state index contributed by atoms with van der Waals surface area (Å²) >= 11 is 1.61. The lowest BCUT2D eigenvalue weighted by molar-refractivity contribution is -0.136. The first-order valence-electron chi connectivity index (χ1n) is 5.88. The van der Waals surface area contributed by atoms with Crippen LogP contribution in [0.3, 0.4) is 0 Å². The molecule has 0 aliphatic heterocycles. The number of rotatable bonds is 5. The number of carbonyl (C=O) groups excluding carboxylic acids is 1. The number of nitrogens with zero attached hydrogens (tertiary/aromatic N) is 2. The number of carbonyl (C=O) groups is 1. The zero-order valence-corrected chi connectivity index (χ0v) is 11.8. The van der Waals surface area contributed by atoms with Gasteiger partial charge in [-0.15, -0.1) is 11.3 Å². The summed E-state index contributed by atoms with van der Waals surface area (Å²) in [5.41, 5.74) is 5.37. The van der Waals surface area contributed by atoms with Gasteiger partial charge in [-0.05, 0) is 19.8 Å². The van der Waals surface area contributed by atoms with Gasteiger partial charge >= 0.3 is 0 Å². The molecule has 0 aromatic carbocycles. The standard InChI is InChI=1S/C12H21N3OS/c1-5-12(13,6-2)11(16)15(4)8-10-7-14-9(3)17-10/h7H,5-6,8,13H2,1-4H3. The lowest BCUT2D eigenvalue weighted by Crippen LogP contribution is -2.53. The van der Waals surface area contributed by atoms with Gasteiger partial charge in [-0.1, -0.05) is 13.8 Å². The summed E-state index contributed by atoms with van der Waals surface area (Å²) in [5, 5.41) is 1.02. The molecule has 0 atom stereocenters. The highest BCUT2D eigenvalue weighted by molar-refractivity contribution is 7.11. The van der Waals surface area contributed by atoms with E-state index in [2.05, 4.69) is 4.98 Å². The third kappa shape index (κ3) is 3.26. The first-order chi connectivity index (χ1) is 7.92. The quantitative estimate of drug-likeness (QED) is 0.874. The number of aryl methyl sites for hydroxylation is 1. The van der Waals surface area contributed by atoms with Crippen molar-refractivity contribution < 1.29 is 4.79 Å². The van der Waals surface area contributed by atoms with Gasteiger partial charge in [0.1, 0.15) is 0 Å². The second kappa shape index (κ2) is 5.60. The van der Waals surface area contributed by atoms with E-state index in [-0.39, 0.29) is 5.91 Å². The SMILES string of the molecule is CCC(N)(CC)C(=O)N(C)Cc1cnc(C)s1. The molecular formula is C12H21N3OS. The fraction of sp³-hybridized carbons (Fsp3) is 0.667. The number of thiazole rings is 1. The van der Waals surface area contributed by atoms with Crippen molar-refractivity contribution in [3.05, 3.63) is 16.1 Å². The van der Waals surface area contributed by atoms with Crippen LogP contribution >= 0.6 is 11.3 Å². The Balaban J connectivity index is 2.70. The van der Waals surface area contributed by atoms with E-state index in [0.29, 0.717) is 19.4 Å². The smallest absolute Gasteiger partial charge is 0.242 e.